The number of fused-ring (bicyclic) bond motifs is 1. The van der Waals surface area contributed by atoms with Gasteiger partial charge in [0.2, 0.25) is 0 Å². The van der Waals surface area contributed by atoms with Crippen molar-refractivity contribution < 1.29 is 14.3 Å². The Morgan fingerprint density at radius 2 is 2.22 bits per heavy atom. The molecule has 1 aromatic heterocycles. The van der Waals surface area contributed by atoms with Gasteiger partial charge in [0.15, 0.2) is 5.58 Å². The average molecular weight is 250 g/mol. The standard InChI is InChI=1S/C12H14N2O4/c1-12(2,10(15)16)6-13-7-3-4-9-8(5-7)14-11(17)18-9/h3-5,13H,6H2,1-2H3,(H,14,17)(H,15,16). The first-order chi connectivity index (χ1) is 8.38. The molecule has 18 heavy (non-hydrogen) atoms. The second-order valence-electron chi connectivity index (χ2n) is 4.77. The Hall–Kier alpha value is -2.24. The van der Waals surface area contributed by atoms with E-state index < -0.39 is 17.1 Å². The Balaban J connectivity index is 2.17. The third kappa shape index (κ3) is 2.37. The summed E-state index contributed by atoms with van der Waals surface area (Å²) in [6, 6.07) is 5.10. The molecule has 6 heteroatoms. The van der Waals surface area contributed by atoms with Crippen LogP contribution in [0.1, 0.15) is 13.8 Å². The van der Waals surface area contributed by atoms with Gasteiger partial charge in [0.1, 0.15) is 0 Å². The van der Waals surface area contributed by atoms with Gasteiger partial charge in [-0.05, 0) is 32.0 Å². The molecule has 2 rings (SSSR count). The zero-order valence-corrected chi connectivity index (χ0v) is 10.1. The number of hydrogen-bond acceptors (Lipinski definition) is 4. The number of rotatable bonds is 4. The normalized spacial score (nSPS) is 11.7. The number of H-pyrrole nitrogens is 1. The van der Waals surface area contributed by atoms with Crippen molar-refractivity contribution in [3.8, 4) is 0 Å². The van der Waals surface area contributed by atoms with Gasteiger partial charge in [-0.3, -0.25) is 9.78 Å². The first-order valence-corrected chi connectivity index (χ1v) is 5.49. The predicted molar refractivity (Wildman–Crippen MR) is 66.7 cm³/mol. The summed E-state index contributed by atoms with van der Waals surface area (Å²) in [5.74, 6) is -1.37. The molecular formula is C12H14N2O4. The van der Waals surface area contributed by atoms with Gasteiger partial charge >= 0.3 is 11.7 Å². The minimum atomic E-state index is -0.868. The van der Waals surface area contributed by atoms with Crippen LogP contribution in [0.3, 0.4) is 0 Å². The predicted octanol–water partition coefficient (Wildman–Crippen LogP) is 1.64. The molecule has 0 spiro atoms. The van der Waals surface area contributed by atoms with E-state index in [4.69, 9.17) is 9.52 Å². The molecular weight excluding hydrogens is 236 g/mol. The third-order valence-corrected chi connectivity index (χ3v) is 2.73. The first kappa shape index (κ1) is 12.2. The van der Waals surface area contributed by atoms with Crippen molar-refractivity contribution in [2.45, 2.75) is 13.8 Å². The fraction of sp³-hybridized carbons (Fsp3) is 0.333. The van der Waals surface area contributed by atoms with Crippen LogP contribution in [0.2, 0.25) is 0 Å². The highest BCUT2D eigenvalue weighted by molar-refractivity contribution is 5.77. The minimum absolute atomic E-state index is 0.288. The van der Waals surface area contributed by atoms with Gasteiger partial charge in [0.05, 0.1) is 10.9 Å². The lowest BCUT2D eigenvalue weighted by Gasteiger charge is -2.20. The van der Waals surface area contributed by atoms with Gasteiger partial charge in [0, 0.05) is 12.2 Å². The number of nitrogens with one attached hydrogen (secondary N) is 2. The molecule has 0 atom stereocenters. The molecule has 0 radical (unpaired) electrons. The lowest BCUT2D eigenvalue weighted by molar-refractivity contribution is -0.146. The monoisotopic (exact) mass is 250 g/mol. The zero-order valence-electron chi connectivity index (χ0n) is 10.1. The van der Waals surface area contributed by atoms with Crippen LogP contribution in [0.4, 0.5) is 5.69 Å². The van der Waals surface area contributed by atoms with Gasteiger partial charge in [-0.15, -0.1) is 0 Å². The Kier molecular flexibility index (Phi) is 2.86. The van der Waals surface area contributed by atoms with Crippen LogP contribution in [0.5, 0.6) is 0 Å². The van der Waals surface area contributed by atoms with Gasteiger partial charge < -0.3 is 14.8 Å². The number of carbonyl (C=O) groups is 1. The lowest BCUT2D eigenvalue weighted by atomic mass is 9.94. The summed E-state index contributed by atoms with van der Waals surface area (Å²) in [6.45, 7) is 3.57. The summed E-state index contributed by atoms with van der Waals surface area (Å²) in [4.78, 5) is 24.5. The van der Waals surface area contributed by atoms with Gasteiger partial charge in [-0.2, -0.15) is 0 Å². The van der Waals surface area contributed by atoms with Crippen LogP contribution < -0.4 is 11.1 Å². The van der Waals surface area contributed by atoms with E-state index in [9.17, 15) is 9.59 Å². The summed E-state index contributed by atoms with van der Waals surface area (Å²) in [7, 11) is 0. The molecule has 0 fully saturated rings. The van der Waals surface area contributed by atoms with E-state index in [-0.39, 0.29) is 6.54 Å². The molecule has 96 valence electrons. The molecule has 0 amide bonds. The summed E-state index contributed by atoms with van der Waals surface area (Å²) in [5.41, 5.74) is 0.925. The van der Waals surface area contributed by atoms with Crippen LogP contribution in [0.15, 0.2) is 27.4 Å². The first-order valence-electron chi connectivity index (χ1n) is 5.49. The van der Waals surface area contributed by atoms with E-state index in [1.54, 1.807) is 32.0 Å². The van der Waals surface area contributed by atoms with E-state index in [2.05, 4.69) is 10.3 Å². The Morgan fingerprint density at radius 3 is 2.89 bits per heavy atom. The van der Waals surface area contributed by atoms with Gasteiger partial charge in [0.25, 0.3) is 0 Å². The van der Waals surface area contributed by atoms with Crippen LogP contribution in [-0.2, 0) is 4.79 Å². The number of hydrogen-bond donors (Lipinski definition) is 3. The summed E-state index contributed by atoms with van der Waals surface area (Å²) in [6.07, 6.45) is 0. The van der Waals surface area contributed by atoms with Gasteiger partial charge in [-0.25, -0.2) is 4.79 Å². The second-order valence-corrected chi connectivity index (χ2v) is 4.77. The van der Waals surface area contributed by atoms with Crippen molar-refractivity contribution in [2.24, 2.45) is 5.41 Å². The van der Waals surface area contributed by atoms with E-state index in [0.29, 0.717) is 11.1 Å². The molecule has 2 aromatic rings. The van der Waals surface area contributed by atoms with Gasteiger partial charge in [-0.1, -0.05) is 0 Å². The molecule has 3 N–H and O–H groups in total. The number of carboxylic acids is 1. The SMILES string of the molecule is CC(C)(CNc1ccc2oc(=O)[nH]c2c1)C(=O)O. The minimum Gasteiger partial charge on any atom is -0.481 e. The topological polar surface area (TPSA) is 95.3 Å². The maximum absolute atomic E-state index is 11.0. The summed E-state index contributed by atoms with van der Waals surface area (Å²) in [5, 5.41) is 12.0. The number of aromatic nitrogens is 1. The number of benzene rings is 1. The Morgan fingerprint density at radius 1 is 1.50 bits per heavy atom. The average Bonchev–Trinajstić information content (AvgIpc) is 2.65. The van der Waals surface area contributed by atoms with Crippen molar-refractivity contribution >= 4 is 22.8 Å². The molecule has 0 unspecified atom stereocenters. The second kappa shape index (κ2) is 4.21. The molecule has 0 saturated carbocycles. The highest BCUT2D eigenvalue weighted by Gasteiger charge is 2.26. The van der Waals surface area contributed by atoms with E-state index in [1.165, 1.54) is 0 Å². The lowest BCUT2D eigenvalue weighted by Crippen LogP contribution is -2.31. The maximum atomic E-state index is 11.0. The zero-order chi connectivity index (χ0) is 13.3. The molecule has 0 aliphatic heterocycles. The quantitative estimate of drug-likeness (QED) is 0.766. The number of aromatic amines is 1. The maximum Gasteiger partial charge on any atom is 0.417 e. The van der Waals surface area contributed by atoms with Crippen molar-refractivity contribution in [2.75, 3.05) is 11.9 Å². The Bertz CT molecular complexity index is 639. The fourth-order valence-electron chi connectivity index (χ4n) is 1.46. The third-order valence-electron chi connectivity index (χ3n) is 2.73. The van der Waals surface area contributed by atoms with Crippen LogP contribution in [-0.4, -0.2) is 22.6 Å². The van der Waals surface area contributed by atoms with Crippen LogP contribution in [0.25, 0.3) is 11.1 Å². The number of anilines is 1. The molecule has 1 aromatic carbocycles. The molecule has 0 aliphatic carbocycles. The van der Waals surface area contributed by atoms with Crippen molar-refractivity contribution in [1.29, 1.82) is 0 Å². The van der Waals surface area contributed by atoms with E-state index in [1.807, 2.05) is 0 Å². The molecule has 0 bridgehead atoms. The smallest absolute Gasteiger partial charge is 0.417 e. The number of aliphatic carboxylic acids is 1. The van der Waals surface area contributed by atoms with E-state index >= 15 is 0 Å². The Labute approximate surface area is 103 Å². The highest BCUT2D eigenvalue weighted by atomic mass is 16.4. The highest BCUT2D eigenvalue weighted by Crippen LogP contribution is 2.20. The van der Waals surface area contributed by atoms with Crippen molar-refractivity contribution in [3.05, 3.63) is 28.7 Å². The summed E-state index contributed by atoms with van der Waals surface area (Å²) < 4.78 is 4.87. The fourth-order valence-corrected chi connectivity index (χ4v) is 1.46. The molecule has 0 saturated heterocycles. The van der Waals surface area contributed by atoms with E-state index in [0.717, 1.165) is 5.69 Å². The van der Waals surface area contributed by atoms with Crippen LogP contribution in [0, 0.1) is 5.41 Å². The van der Waals surface area contributed by atoms with Crippen LogP contribution >= 0.6 is 0 Å². The largest absolute Gasteiger partial charge is 0.481 e. The number of carboxylic acid groups (broad SMARTS) is 1. The van der Waals surface area contributed by atoms with Crippen molar-refractivity contribution in [1.82, 2.24) is 4.98 Å². The summed E-state index contributed by atoms with van der Waals surface area (Å²) >= 11 is 0. The molecule has 0 aliphatic rings. The van der Waals surface area contributed by atoms with Crippen molar-refractivity contribution in [3.63, 3.8) is 0 Å². The molecule has 1 heterocycles. The molecule has 6 nitrogen and oxygen atoms in total. The number of oxazole rings is 1.